The predicted octanol–water partition coefficient (Wildman–Crippen LogP) is 6.41. The number of benzene rings is 3. The second-order valence-electron chi connectivity index (χ2n) is 8.54. The minimum absolute atomic E-state index is 0.0679. The summed E-state index contributed by atoms with van der Waals surface area (Å²) >= 11 is 1.37. The van der Waals surface area contributed by atoms with Crippen LogP contribution in [0.5, 0.6) is 0 Å². The average molecular weight is 508 g/mol. The van der Waals surface area contributed by atoms with E-state index in [0.29, 0.717) is 16.6 Å². The van der Waals surface area contributed by atoms with Crippen molar-refractivity contribution in [2.45, 2.75) is 12.8 Å². The molecule has 37 heavy (non-hydrogen) atoms. The molecule has 5 rings (SSSR count). The summed E-state index contributed by atoms with van der Waals surface area (Å²) in [6, 6.07) is 30.4. The highest BCUT2D eigenvalue weighted by molar-refractivity contribution is 8.18. The summed E-state index contributed by atoms with van der Waals surface area (Å²) in [7, 11) is 0. The molecular formula is C30H25N3O3S. The fraction of sp³-hybridized carbons (Fsp3) is 0.100. The number of aliphatic imine (C=N–C) groups is 1. The van der Waals surface area contributed by atoms with E-state index in [-0.39, 0.29) is 11.5 Å². The van der Waals surface area contributed by atoms with E-state index < -0.39 is 5.97 Å². The van der Waals surface area contributed by atoms with Crippen molar-refractivity contribution in [3.05, 3.63) is 125 Å². The van der Waals surface area contributed by atoms with Gasteiger partial charge in [0.1, 0.15) is 0 Å². The monoisotopic (exact) mass is 507 g/mol. The summed E-state index contributed by atoms with van der Waals surface area (Å²) in [4.78, 5) is 31.9. The van der Waals surface area contributed by atoms with Crippen molar-refractivity contribution in [3.8, 4) is 5.69 Å². The molecule has 184 valence electrons. The van der Waals surface area contributed by atoms with Crippen LogP contribution in [0.2, 0.25) is 0 Å². The third kappa shape index (κ3) is 5.73. The molecule has 1 aliphatic heterocycles. The highest BCUT2D eigenvalue weighted by atomic mass is 32.2. The number of amidine groups is 1. The van der Waals surface area contributed by atoms with Gasteiger partial charge in [0.15, 0.2) is 5.17 Å². The molecule has 0 aliphatic carbocycles. The predicted molar refractivity (Wildman–Crippen MR) is 148 cm³/mol. The van der Waals surface area contributed by atoms with E-state index in [0.717, 1.165) is 29.9 Å². The lowest BCUT2D eigenvalue weighted by Gasteiger charge is -2.15. The molecule has 0 bridgehead atoms. The van der Waals surface area contributed by atoms with Gasteiger partial charge in [0.05, 0.1) is 16.2 Å². The third-order valence-corrected chi connectivity index (χ3v) is 7.02. The number of aryl methyl sites for hydroxylation is 1. The first-order chi connectivity index (χ1) is 18.1. The van der Waals surface area contributed by atoms with Crippen LogP contribution in [0.1, 0.15) is 28.0 Å². The number of carbonyl (C=O) groups excluding carboxylic acids is 1. The van der Waals surface area contributed by atoms with Gasteiger partial charge < -0.3 is 9.67 Å². The molecule has 4 aromatic rings. The lowest BCUT2D eigenvalue weighted by molar-refractivity contribution is -0.122. The maximum atomic E-state index is 13.5. The van der Waals surface area contributed by atoms with Gasteiger partial charge in [-0.2, -0.15) is 0 Å². The number of thioether (sulfide) groups is 1. The molecule has 7 heteroatoms. The Kier molecular flexibility index (Phi) is 7.33. The molecule has 1 amide bonds. The van der Waals surface area contributed by atoms with Crippen LogP contribution in [0.15, 0.2) is 113 Å². The quantitative estimate of drug-likeness (QED) is 0.280. The maximum absolute atomic E-state index is 13.5. The van der Waals surface area contributed by atoms with Gasteiger partial charge >= 0.3 is 5.97 Å². The number of amides is 1. The smallest absolute Gasteiger partial charge is 0.335 e. The van der Waals surface area contributed by atoms with E-state index >= 15 is 0 Å². The first-order valence-electron chi connectivity index (χ1n) is 12.0. The molecular weight excluding hydrogens is 482 g/mol. The number of hydrogen-bond donors (Lipinski definition) is 1. The van der Waals surface area contributed by atoms with Crippen molar-refractivity contribution in [3.63, 3.8) is 0 Å². The Morgan fingerprint density at radius 3 is 2.30 bits per heavy atom. The van der Waals surface area contributed by atoms with E-state index in [4.69, 9.17) is 4.99 Å². The van der Waals surface area contributed by atoms with E-state index in [1.54, 1.807) is 29.2 Å². The van der Waals surface area contributed by atoms with Crippen molar-refractivity contribution in [2.24, 2.45) is 4.99 Å². The number of hydrogen-bond acceptors (Lipinski definition) is 4. The van der Waals surface area contributed by atoms with Gasteiger partial charge in [-0.15, -0.1) is 0 Å². The summed E-state index contributed by atoms with van der Waals surface area (Å²) in [5, 5.41) is 9.86. The minimum Gasteiger partial charge on any atom is -0.478 e. The molecule has 3 aromatic carbocycles. The average Bonchev–Trinajstić information content (AvgIpc) is 3.50. The van der Waals surface area contributed by atoms with Crippen LogP contribution in [0.4, 0.5) is 5.69 Å². The maximum Gasteiger partial charge on any atom is 0.335 e. The molecule has 0 spiro atoms. The number of aromatic nitrogens is 1. The normalized spacial score (nSPS) is 15.6. The lowest BCUT2D eigenvalue weighted by atomic mass is 10.1. The van der Waals surface area contributed by atoms with Gasteiger partial charge in [0.2, 0.25) is 0 Å². The summed E-state index contributed by atoms with van der Waals surface area (Å²) in [5.41, 5.74) is 3.91. The Morgan fingerprint density at radius 2 is 1.59 bits per heavy atom. The van der Waals surface area contributed by atoms with Crippen LogP contribution in [-0.2, 0) is 11.2 Å². The molecule has 1 saturated heterocycles. The topological polar surface area (TPSA) is 74.9 Å². The molecule has 0 unspecified atom stereocenters. The van der Waals surface area contributed by atoms with Crippen LogP contribution >= 0.6 is 11.8 Å². The molecule has 6 nitrogen and oxygen atoms in total. The van der Waals surface area contributed by atoms with E-state index in [2.05, 4.69) is 12.1 Å². The van der Waals surface area contributed by atoms with Crippen molar-refractivity contribution in [1.29, 1.82) is 0 Å². The first kappa shape index (κ1) is 24.3. The van der Waals surface area contributed by atoms with Gasteiger partial charge in [-0.05, 0) is 84.8 Å². The number of para-hydroxylation sites is 1. The number of carboxylic acids is 1. The first-order valence-corrected chi connectivity index (χ1v) is 12.8. The van der Waals surface area contributed by atoms with Crippen molar-refractivity contribution in [1.82, 2.24) is 9.47 Å². The Hall–Kier alpha value is -4.36. The van der Waals surface area contributed by atoms with Gasteiger partial charge in [0.25, 0.3) is 5.91 Å². The van der Waals surface area contributed by atoms with Crippen LogP contribution in [-0.4, -0.2) is 38.2 Å². The fourth-order valence-corrected chi connectivity index (χ4v) is 5.14. The molecule has 0 saturated carbocycles. The highest BCUT2D eigenvalue weighted by Gasteiger charge is 2.33. The number of carboxylic acid groups (broad SMARTS) is 1. The largest absolute Gasteiger partial charge is 0.478 e. The second kappa shape index (κ2) is 11.1. The molecule has 1 fully saturated rings. The summed E-state index contributed by atoms with van der Waals surface area (Å²) < 4.78 is 1.93. The van der Waals surface area contributed by atoms with E-state index in [1.807, 2.05) is 77.5 Å². The van der Waals surface area contributed by atoms with Crippen LogP contribution in [0.3, 0.4) is 0 Å². The Bertz CT molecular complexity index is 1460. The minimum atomic E-state index is -0.966. The van der Waals surface area contributed by atoms with Crippen molar-refractivity contribution < 1.29 is 14.7 Å². The molecule has 1 aromatic heterocycles. The van der Waals surface area contributed by atoms with Crippen molar-refractivity contribution >= 4 is 40.6 Å². The zero-order valence-corrected chi connectivity index (χ0v) is 20.8. The molecule has 1 aliphatic rings. The fourth-order valence-electron chi connectivity index (χ4n) is 4.13. The summed E-state index contributed by atoms with van der Waals surface area (Å²) in [5.74, 6) is -1.03. The number of nitrogens with zero attached hydrogens (tertiary/aromatic N) is 3. The van der Waals surface area contributed by atoms with Crippen molar-refractivity contribution in [2.75, 3.05) is 6.54 Å². The van der Waals surface area contributed by atoms with Gasteiger partial charge in [0, 0.05) is 24.1 Å². The zero-order valence-electron chi connectivity index (χ0n) is 20.0. The third-order valence-electron chi connectivity index (χ3n) is 6.01. The van der Waals surface area contributed by atoms with Gasteiger partial charge in [-0.3, -0.25) is 9.69 Å². The molecule has 1 N–H and O–H groups in total. The molecule has 2 heterocycles. The molecule has 0 radical (unpaired) electrons. The standard InChI is InChI=1S/C30H25N3O3S/c34-28-27(21-26-14-8-19-32(26)25-17-15-23(16-18-25)29(35)36)37-30(31-24-12-5-2-6-13-24)33(28)20-7-11-22-9-3-1-4-10-22/h1-6,8-10,12-19,21H,7,11,20H2,(H,35,36)/b27-21-,31-30?. The number of rotatable bonds is 8. The zero-order chi connectivity index (χ0) is 25.6. The van der Waals surface area contributed by atoms with Crippen LogP contribution < -0.4 is 0 Å². The Morgan fingerprint density at radius 1 is 0.892 bits per heavy atom. The number of aromatic carboxylic acids is 1. The molecule has 0 atom stereocenters. The van der Waals surface area contributed by atoms with Gasteiger partial charge in [-0.1, -0.05) is 48.5 Å². The second-order valence-corrected chi connectivity index (χ2v) is 9.55. The summed E-state index contributed by atoms with van der Waals surface area (Å²) in [6.07, 6.45) is 5.46. The summed E-state index contributed by atoms with van der Waals surface area (Å²) in [6.45, 7) is 0.571. The van der Waals surface area contributed by atoms with Crippen LogP contribution in [0.25, 0.3) is 11.8 Å². The van der Waals surface area contributed by atoms with Gasteiger partial charge in [-0.25, -0.2) is 9.79 Å². The highest BCUT2D eigenvalue weighted by Crippen LogP contribution is 2.34. The Labute approximate surface area is 219 Å². The Balaban J connectivity index is 1.41. The van der Waals surface area contributed by atoms with Crippen LogP contribution in [0, 0.1) is 0 Å². The SMILES string of the molecule is O=C(O)c1ccc(-n2cccc2/C=C2\SC(=Nc3ccccc3)N(CCCc3ccccc3)C2=O)cc1. The van der Waals surface area contributed by atoms with E-state index in [1.165, 1.54) is 17.3 Å². The lowest BCUT2D eigenvalue weighted by Crippen LogP contribution is -2.30. The van der Waals surface area contributed by atoms with E-state index in [9.17, 15) is 14.7 Å². The number of carbonyl (C=O) groups is 2.